The minimum absolute atomic E-state index is 0.0889. The molecule has 0 radical (unpaired) electrons. The van der Waals surface area contributed by atoms with Gasteiger partial charge in [-0.15, -0.1) is 0 Å². The van der Waals surface area contributed by atoms with Crippen molar-refractivity contribution >= 4 is 28.9 Å². The van der Waals surface area contributed by atoms with Gasteiger partial charge in [0.2, 0.25) is 5.91 Å². The topological polar surface area (TPSA) is 50.2 Å². The molecule has 5 nitrogen and oxygen atoms in total. The highest BCUT2D eigenvalue weighted by Crippen LogP contribution is 2.35. The summed E-state index contributed by atoms with van der Waals surface area (Å²) in [5, 5.41) is 5.57. The second kappa shape index (κ2) is 7.99. The number of carbonyl (C=O) groups excluding carboxylic acids is 1. The van der Waals surface area contributed by atoms with Gasteiger partial charge in [-0.1, -0.05) is 11.6 Å². The van der Waals surface area contributed by atoms with Crippen molar-refractivity contribution in [1.29, 1.82) is 0 Å². The number of nitrogens with zero attached hydrogens (tertiary/aromatic N) is 3. The van der Waals surface area contributed by atoms with E-state index in [0.717, 1.165) is 23.5 Å². The van der Waals surface area contributed by atoms with Gasteiger partial charge in [0.25, 0.3) is 0 Å². The number of amides is 1. The summed E-state index contributed by atoms with van der Waals surface area (Å²) < 4.78 is 39.4. The molecule has 0 saturated heterocycles. The van der Waals surface area contributed by atoms with Gasteiger partial charge in [0.05, 0.1) is 10.7 Å². The summed E-state index contributed by atoms with van der Waals surface area (Å²) in [6.45, 7) is 6.85. The molecule has 1 aromatic heterocycles. The third-order valence-electron chi connectivity index (χ3n) is 3.97. The van der Waals surface area contributed by atoms with Crippen LogP contribution in [0.25, 0.3) is 0 Å². The molecule has 0 atom stereocenters. The van der Waals surface area contributed by atoms with Crippen molar-refractivity contribution in [1.82, 2.24) is 9.78 Å². The molecule has 142 valence electrons. The highest BCUT2D eigenvalue weighted by molar-refractivity contribution is 6.32. The maximum absolute atomic E-state index is 12.8. The first-order valence-corrected chi connectivity index (χ1v) is 8.50. The van der Waals surface area contributed by atoms with Crippen LogP contribution in [0, 0.1) is 6.92 Å². The Kier molecular flexibility index (Phi) is 6.17. The second-order valence-electron chi connectivity index (χ2n) is 5.67. The molecule has 9 heteroatoms. The quantitative estimate of drug-likeness (QED) is 0.800. The molecule has 0 aliphatic heterocycles. The van der Waals surface area contributed by atoms with E-state index in [1.807, 2.05) is 26.0 Å². The summed E-state index contributed by atoms with van der Waals surface area (Å²) >= 11 is 5.68. The highest BCUT2D eigenvalue weighted by atomic mass is 35.5. The number of benzene rings is 1. The van der Waals surface area contributed by atoms with Gasteiger partial charge in [-0.05, 0) is 45.0 Å². The lowest BCUT2D eigenvalue weighted by atomic mass is 10.2. The van der Waals surface area contributed by atoms with Crippen LogP contribution >= 0.6 is 11.6 Å². The Morgan fingerprint density at radius 1 is 1.23 bits per heavy atom. The van der Waals surface area contributed by atoms with Gasteiger partial charge < -0.3 is 10.2 Å². The number of alkyl halides is 3. The maximum atomic E-state index is 12.8. The van der Waals surface area contributed by atoms with Gasteiger partial charge in [0.15, 0.2) is 5.69 Å². The Bertz CT molecular complexity index is 768. The lowest BCUT2D eigenvalue weighted by Crippen LogP contribution is -2.22. The van der Waals surface area contributed by atoms with Gasteiger partial charge in [0, 0.05) is 24.5 Å². The molecule has 0 unspecified atom stereocenters. The summed E-state index contributed by atoms with van der Waals surface area (Å²) in [6, 6.07) is 7.24. The van der Waals surface area contributed by atoms with E-state index in [1.165, 1.54) is 6.92 Å². The van der Waals surface area contributed by atoms with Crippen LogP contribution in [-0.4, -0.2) is 28.8 Å². The van der Waals surface area contributed by atoms with Gasteiger partial charge >= 0.3 is 6.18 Å². The van der Waals surface area contributed by atoms with Crippen molar-refractivity contribution in [3.63, 3.8) is 0 Å². The zero-order chi connectivity index (χ0) is 19.5. The highest BCUT2D eigenvalue weighted by Gasteiger charge is 2.38. The van der Waals surface area contributed by atoms with Crippen molar-refractivity contribution in [2.45, 2.75) is 33.5 Å². The predicted molar refractivity (Wildman–Crippen MR) is 95.6 cm³/mol. The number of anilines is 2. The first-order chi connectivity index (χ1) is 12.2. The van der Waals surface area contributed by atoms with Crippen LogP contribution in [0.4, 0.5) is 24.5 Å². The molecule has 0 bridgehead atoms. The fourth-order valence-corrected chi connectivity index (χ4v) is 2.78. The molecular formula is C17H20ClF3N4O. The fourth-order valence-electron chi connectivity index (χ4n) is 2.54. The standard InChI is InChI=1S/C17H20ClF3N4O/c1-4-24(5-2)13-8-6-12(7-9-13)22-14(26)10-25-11(3)15(18)16(23-25)17(19,20)21/h6-9H,4-5,10H2,1-3H3,(H,22,26). The summed E-state index contributed by atoms with van der Waals surface area (Å²) in [4.78, 5) is 14.3. The van der Waals surface area contributed by atoms with Gasteiger partial charge in [-0.2, -0.15) is 18.3 Å². The van der Waals surface area contributed by atoms with Crippen LogP contribution < -0.4 is 10.2 Å². The van der Waals surface area contributed by atoms with E-state index in [1.54, 1.807) is 12.1 Å². The Balaban J connectivity index is 2.08. The summed E-state index contributed by atoms with van der Waals surface area (Å²) in [5.41, 5.74) is 0.481. The third kappa shape index (κ3) is 4.49. The number of aromatic nitrogens is 2. The maximum Gasteiger partial charge on any atom is 0.436 e. The minimum atomic E-state index is -4.66. The van der Waals surface area contributed by atoms with E-state index in [4.69, 9.17) is 11.6 Å². The molecule has 1 N–H and O–H groups in total. The van der Waals surface area contributed by atoms with Crippen LogP contribution in [0.15, 0.2) is 24.3 Å². The van der Waals surface area contributed by atoms with Crippen LogP contribution in [-0.2, 0) is 17.5 Å². The minimum Gasteiger partial charge on any atom is -0.372 e. The largest absolute Gasteiger partial charge is 0.436 e. The van der Waals surface area contributed by atoms with Gasteiger partial charge in [0.1, 0.15) is 6.54 Å². The number of hydrogen-bond donors (Lipinski definition) is 1. The molecule has 26 heavy (non-hydrogen) atoms. The molecule has 2 rings (SSSR count). The van der Waals surface area contributed by atoms with E-state index in [-0.39, 0.29) is 12.2 Å². The van der Waals surface area contributed by atoms with Crippen LogP contribution in [0.1, 0.15) is 25.2 Å². The van der Waals surface area contributed by atoms with E-state index >= 15 is 0 Å². The van der Waals surface area contributed by atoms with Crippen LogP contribution in [0.2, 0.25) is 5.02 Å². The summed E-state index contributed by atoms with van der Waals surface area (Å²) in [5.74, 6) is -0.489. The van der Waals surface area contributed by atoms with Crippen molar-refractivity contribution in [3.05, 3.63) is 40.7 Å². The van der Waals surface area contributed by atoms with E-state index < -0.39 is 22.8 Å². The molecule has 0 saturated carbocycles. The molecular weight excluding hydrogens is 369 g/mol. The van der Waals surface area contributed by atoms with Crippen molar-refractivity contribution in [3.8, 4) is 0 Å². The first kappa shape index (κ1) is 20.1. The van der Waals surface area contributed by atoms with Crippen molar-refractivity contribution in [2.24, 2.45) is 0 Å². The van der Waals surface area contributed by atoms with Crippen LogP contribution in [0.3, 0.4) is 0 Å². The lowest BCUT2D eigenvalue weighted by Gasteiger charge is -2.21. The molecule has 0 aliphatic carbocycles. The molecule has 1 aromatic carbocycles. The van der Waals surface area contributed by atoms with E-state index in [0.29, 0.717) is 5.69 Å². The second-order valence-corrected chi connectivity index (χ2v) is 6.05. The smallest absolute Gasteiger partial charge is 0.372 e. The van der Waals surface area contributed by atoms with Gasteiger partial charge in [-0.25, -0.2) is 0 Å². The first-order valence-electron chi connectivity index (χ1n) is 8.12. The molecule has 0 aliphatic rings. The van der Waals surface area contributed by atoms with E-state index in [2.05, 4.69) is 15.3 Å². The van der Waals surface area contributed by atoms with Gasteiger partial charge in [-0.3, -0.25) is 9.48 Å². The lowest BCUT2D eigenvalue weighted by molar-refractivity contribution is -0.141. The van der Waals surface area contributed by atoms with Crippen molar-refractivity contribution < 1.29 is 18.0 Å². The average molecular weight is 389 g/mol. The fraction of sp³-hybridized carbons (Fsp3) is 0.412. The normalized spacial score (nSPS) is 11.5. The Morgan fingerprint density at radius 2 is 1.81 bits per heavy atom. The zero-order valence-electron chi connectivity index (χ0n) is 14.7. The summed E-state index contributed by atoms with van der Waals surface area (Å²) in [7, 11) is 0. The van der Waals surface area contributed by atoms with Crippen molar-refractivity contribution in [2.75, 3.05) is 23.3 Å². The zero-order valence-corrected chi connectivity index (χ0v) is 15.4. The number of rotatable bonds is 6. The molecule has 1 amide bonds. The van der Waals surface area contributed by atoms with E-state index in [9.17, 15) is 18.0 Å². The molecule has 0 spiro atoms. The number of carbonyl (C=O) groups is 1. The Morgan fingerprint density at radius 3 is 2.27 bits per heavy atom. The Hall–Kier alpha value is -2.22. The third-order valence-corrected chi connectivity index (χ3v) is 4.43. The monoisotopic (exact) mass is 388 g/mol. The average Bonchev–Trinajstić information content (AvgIpc) is 2.86. The molecule has 2 aromatic rings. The van der Waals surface area contributed by atoms with Crippen LogP contribution in [0.5, 0.6) is 0 Å². The number of hydrogen-bond acceptors (Lipinski definition) is 3. The number of nitrogens with one attached hydrogen (secondary N) is 1. The molecule has 1 heterocycles. The Labute approximate surface area is 154 Å². The SMILES string of the molecule is CCN(CC)c1ccc(NC(=O)Cn2nc(C(F)(F)F)c(Cl)c2C)cc1. The molecule has 0 fully saturated rings. The summed E-state index contributed by atoms with van der Waals surface area (Å²) in [6.07, 6.45) is -4.66. The number of halogens is 4. The predicted octanol–water partition coefficient (Wildman–Crippen LogP) is 4.35.